The first kappa shape index (κ1) is 28.6. The van der Waals surface area contributed by atoms with Gasteiger partial charge in [-0.2, -0.15) is 0 Å². The molecule has 4 rings (SSSR count). The molecular weight excluding hydrogens is 542 g/mol. The molecule has 0 aliphatic carbocycles. The number of hydrogen-bond acceptors (Lipinski definition) is 5. The van der Waals surface area contributed by atoms with Crippen molar-refractivity contribution in [3.63, 3.8) is 0 Å². The Hall–Kier alpha value is -3.39. The van der Waals surface area contributed by atoms with Gasteiger partial charge in [0.2, 0.25) is 5.90 Å². The number of amides is 1. The Morgan fingerprint density at radius 1 is 1.18 bits per heavy atom. The van der Waals surface area contributed by atoms with Crippen LogP contribution in [0.5, 0.6) is 5.75 Å². The quantitative estimate of drug-likeness (QED) is 0.204. The summed E-state index contributed by atoms with van der Waals surface area (Å²) < 4.78 is 25.6. The normalized spacial score (nSPS) is 18.3. The van der Waals surface area contributed by atoms with Crippen molar-refractivity contribution in [2.75, 3.05) is 19.8 Å². The molecule has 0 bridgehead atoms. The molecule has 0 radical (unpaired) electrons. The first-order chi connectivity index (χ1) is 18.9. The number of aliphatic imine (C=N–C) groups is 1. The number of hydrogen-bond donors (Lipinski definition) is 2. The Morgan fingerprint density at radius 3 is 2.67 bits per heavy atom. The molecule has 6 nitrogen and oxygen atoms in total. The lowest BCUT2D eigenvalue weighted by Gasteiger charge is -2.30. The van der Waals surface area contributed by atoms with Gasteiger partial charge in [-0.15, -0.1) is 6.58 Å². The van der Waals surface area contributed by atoms with Crippen molar-refractivity contribution in [1.29, 1.82) is 0 Å². The average Bonchev–Trinajstić information content (AvgIpc) is 3.30. The molecule has 1 aliphatic rings. The number of benzene rings is 3. The van der Waals surface area contributed by atoms with Crippen molar-refractivity contribution in [2.45, 2.75) is 30.9 Å². The van der Waals surface area contributed by atoms with Crippen molar-refractivity contribution in [3.8, 4) is 5.75 Å². The van der Waals surface area contributed by atoms with Crippen LogP contribution in [0.1, 0.15) is 35.6 Å². The SMILES string of the molecule is C=CC[C@@]1(C(=O)NCCc2cccc(F)c2)N=C(c2ccc(OCCCO)cc2)O[C@@H]1c1ccc(Cl)cc1Cl. The average molecular weight is 571 g/mol. The minimum Gasteiger partial charge on any atom is -0.494 e. The maximum Gasteiger partial charge on any atom is 0.252 e. The molecule has 0 spiro atoms. The second kappa shape index (κ2) is 13.1. The van der Waals surface area contributed by atoms with Crippen LogP contribution in [0.15, 0.2) is 84.4 Å². The van der Waals surface area contributed by atoms with Crippen LogP contribution in [0.25, 0.3) is 0 Å². The Bertz CT molecular complexity index is 1350. The molecule has 0 unspecified atom stereocenters. The number of nitrogens with zero attached hydrogens (tertiary/aromatic N) is 1. The minimum atomic E-state index is -1.40. The molecule has 0 fully saturated rings. The van der Waals surface area contributed by atoms with Gasteiger partial charge < -0.3 is 19.9 Å². The Kier molecular flexibility index (Phi) is 9.62. The van der Waals surface area contributed by atoms with E-state index in [0.717, 1.165) is 5.56 Å². The molecule has 3 aromatic rings. The number of aliphatic hydroxyl groups excluding tert-OH is 1. The van der Waals surface area contributed by atoms with Crippen molar-refractivity contribution in [1.82, 2.24) is 5.32 Å². The smallest absolute Gasteiger partial charge is 0.252 e. The summed E-state index contributed by atoms with van der Waals surface area (Å²) in [6, 6.07) is 18.4. The molecule has 39 heavy (non-hydrogen) atoms. The molecule has 0 aromatic heterocycles. The lowest BCUT2D eigenvalue weighted by molar-refractivity contribution is -0.128. The zero-order valence-electron chi connectivity index (χ0n) is 21.2. The van der Waals surface area contributed by atoms with Crippen LogP contribution in [-0.4, -0.2) is 42.2 Å². The first-order valence-corrected chi connectivity index (χ1v) is 13.3. The first-order valence-electron chi connectivity index (χ1n) is 12.6. The van der Waals surface area contributed by atoms with Crippen molar-refractivity contribution < 1.29 is 23.8 Å². The van der Waals surface area contributed by atoms with E-state index >= 15 is 0 Å². The van der Waals surface area contributed by atoms with E-state index in [4.69, 9.17) is 42.8 Å². The van der Waals surface area contributed by atoms with E-state index in [-0.39, 0.29) is 37.2 Å². The van der Waals surface area contributed by atoms with Crippen LogP contribution >= 0.6 is 23.2 Å². The Labute approximate surface area is 237 Å². The summed E-state index contributed by atoms with van der Waals surface area (Å²) in [6.07, 6.45) is 1.91. The number of carbonyl (C=O) groups excluding carboxylic acids is 1. The van der Waals surface area contributed by atoms with E-state index in [0.29, 0.717) is 46.4 Å². The van der Waals surface area contributed by atoms with Crippen molar-refractivity contribution in [2.24, 2.45) is 4.99 Å². The molecule has 1 aliphatic heterocycles. The second-order valence-electron chi connectivity index (χ2n) is 9.08. The maximum absolute atomic E-state index is 13.8. The highest BCUT2D eigenvalue weighted by molar-refractivity contribution is 6.35. The van der Waals surface area contributed by atoms with Gasteiger partial charge in [0.1, 0.15) is 11.6 Å². The molecule has 0 saturated heterocycles. The predicted octanol–water partition coefficient (Wildman–Crippen LogP) is 6.09. The molecule has 9 heteroatoms. The molecule has 2 atom stereocenters. The van der Waals surface area contributed by atoms with Gasteiger partial charge in [-0.25, -0.2) is 9.38 Å². The molecule has 2 N–H and O–H groups in total. The molecule has 1 heterocycles. The second-order valence-corrected chi connectivity index (χ2v) is 9.93. The van der Waals surface area contributed by atoms with Gasteiger partial charge in [-0.3, -0.25) is 4.79 Å². The lowest BCUT2D eigenvalue weighted by Crippen LogP contribution is -2.48. The third-order valence-corrected chi connectivity index (χ3v) is 6.88. The number of halogens is 3. The summed E-state index contributed by atoms with van der Waals surface area (Å²) in [5.74, 6) is 0.210. The zero-order valence-corrected chi connectivity index (χ0v) is 22.7. The summed E-state index contributed by atoms with van der Waals surface area (Å²) in [6.45, 7) is 4.57. The fourth-order valence-electron chi connectivity index (χ4n) is 4.39. The maximum atomic E-state index is 13.8. The highest BCUT2D eigenvalue weighted by Crippen LogP contribution is 2.45. The highest BCUT2D eigenvalue weighted by Gasteiger charge is 2.53. The summed E-state index contributed by atoms with van der Waals surface area (Å²) >= 11 is 12.7. The number of ether oxygens (including phenoxy) is 2. The number of nitrogens with one attached hydrogen (secondary N) is 1. The van der Waals surface area contributed by atoms with E-state index in [2.05, 4.69) is 11.9 Å². The van der Waals surface area contributed by atoms with E-state index in [9.17, 15) is 9.18 Å². The highest BCUT2D eigenvalue weighted by atomic mass is 35.5. The van der Waals surface area contributed by atoms with Crippen LogP contribution in [0.2, 0.25) is 10.0 Å². The fourth-order valence-corrected chi connectivity index (χ4v) is 4.90. The van der Waals surface area contributed by atoms with Crippen LogP contribution in [0, 0.1) is 5.82 Å². The topological polar surface area (TPSA) is 80.2 Å². The monoisotopic (exact) mass is 570 g/mol. The van der Waals surface area contributed by atoms with Crippen LogP contribution in [-0.2, 0) is 16.0 Å². The van der Waals surface area contributed by atoms with Gasteiger partial charge in [0, 0.05) is 47.2 Å². The zero-order chi connectivity index (χ0) is 27.8. The van der Waals surface area contributed by atoms with Crippen molar-refractivity contribution >= 4 is 35.0 Å². The number of carbonyl (C=O) groups is 1. The molecule has 0 saturated carbocycles. The van der Waals surface area contributed by atoms with E-state index < -0.39 is 11.6 Å². The molecule has 1 amide bonds. The van der Waals surface area contributed by atoms with Crippen LogP contribution < -0.4 is 10.1 Å². The van der Waals surface area contributed by atoms with E-state index in [1.165, 1.54) is 12.1 Å². The summed E-state index contributed by atoms with van der Waals surface area (Å²) in [5.41, 5.74) is 0.579. The fraction of sp³-hybridized carbons (Fsp3) is 0.267. The largest absolute Gasteiger partial charge is 0.494 e. The summed E-state index contributed by atoms with van der Waals surface area (Å²) in [7, 11) is 0. The van der Waals surface area contributed by atoms with Gasteiger partial charge in [-0.05, 0) is 60.5 Å². The molecular formula is C30H29Cl2FN2O4. The van der Waals surface area contributed by atoms with Crippen LogP contribution in [0.3, 0.4) is 0 Å². The van der Waals surface area contributed by atoms with Crippen molar-refractivity contribution in [3.05, 3.63) is 112 Å². The third-order valence-electron chi connectivity index (χ3n) is 6.32. The summed E-state index contributed by atoms with van der Waals surface area (Å²) in [4.78, 5) is 18.7. The number of rotatable bonds is 12. The summed E-state index contributed by atoms with van der Waals surface area (Å²) in [5, 5.41) is 12.7. The van der Waals surface area contributed by atoms with E-state index in [1.807, 2.05) is 0 Å². The third kappa shape index (κ3) is 6.79. The van der Waals surface area contributed by atoms with E-state index in [1.54, 1.807) is 60.7 Å². The predicted molar refractivity (Wildman–Crippen MR) is 151 cm³/mol. The Morgan fingerprint density at radius 2 is 1.97 bits per heavy atom. The lowest BCUT2D eigenvalue weighted by atomic mass is 9.84. The van der Waals surface area contributed by atoms with Gasteiger partial charge in [-0.1, -0.05) is 47.5 Å². The van der Waals surface area contributed by atoms with Gasteiger partial charge in [0.15, 0.2) is 11.6 Å². The Balaban J connectivity index is 1.64. The van der Waals surface area contributed by atoms with Gasteiger partial charge >= 0.3 is 0 Å². The minimum absolute atomic E-state index is 0.0487. The molecule has 3 aromatic carbocycles. The molecule has 204 valence electrons. The van der Waals surface area contributed by atoms with Gasteiger partial charge in [0.25, 0.3) is 5.91 Å². The van der Waals surface area contributed by atoms with Crippen LogP contribution in [0.4, 0.5) is 4.39 Å². The standard InChI is InChI=1S/C30H29Cl2FN2O4/c1-2-14-30(29(37)34-15-13-20-5-3-6-23(33)18-20)27(25-12-9-22(31)19-26(25)32)39-28(35-30)21-7-10-24(11-8-21)38-17-4-16-36/h2-3,5-12,18-19,27,36H,1,4,13-17H2,(H,34,37)/t27-,30-/m1/s1. The van der Waals surface area contributed by atoms with Gasteiger partial charge in [0.05, 0.1) is 6.61 Å². The number of aliphatic hydroxyl groups is 1.